The maximum absolute atomic E-state index is 12.9. The Morgan fingerprint density at radius 3 is 3.00 bits per heavy atom. The number of benzene rings is 1. The average molecular weight is 266 g/mol. The zero-order chi connectivity index (χ0) is 13.8. The molecule has 0 bridgehead atoms. The van der Waals surface area contributed by atoms with Gasteiger partial charge in [0.1, 0.15) is 11.6 Å². The second-order valence-corrected chi connectivity index (χ2v) is 4.93. The second-order valence-electron chi connectivity index (χ2n) is 4.93. The summed E-state index contributed by atoms with van der Waals surface area (Å²) >= 11 is 0. The summed E-state index contributed by atoms with van der Waals surface area (Å²) in [6.07, 6.45) is 2.75. The predicted octanol–water partition coefficient (Wildman–Crippen LogP) is 1.85. The summed E-state index contributed by atoms with van der Waals surface area (Å²) in [4.78, 5) is 11.8. The van der Waals surface area contributed by atoms with Gasteiger partial charge in [0.05, 0.1) is 6.04 Å². The highest BCUT2D eigenvalue weighted by atomic mass is 19.1. The van der Waals surface area contributed by atoms with Gasteiger partial charge in [-0.1, -0.05) is 6.07 Å². The molecular formula is C14H19FN2O2. The zero-order valence-electron chi connectivity index (χ0n) is 10.9. The van der Waals surface area contributed by atoms with E-state index in [1.165, 1.54) is 12.1 Å². The van der Waals surface area contributed by atoms with Crippen molar-refractivity contribution in [2.75, 3.05) is 6.54 Å². The van der Waals surface area contributed by atoms with Gasteiger partial charge in [-0.25, -0.2) is 4.39 Å². The van der Waals surface area contributed by atoms with E-state index < -0.39 is 5.82 Å². The number of hydrogen-bond acceptors (Lipinski definition) is 3. The van der Waals surface area contributed by atoms with Crippen LogP contribution in [0.25, 0.3) is 0 Å². The molecule has 1 aromatic rings. The first-order valence-electron chi connectivity index (χ1n) is 6.60. The number of phenols is 1. The van der Waals surface area contributed by atoms with Crippen molar-refractivity contribution in [1.82, 2.24) is 10.6 Å². The first kappa shape index (κ1) is 13.8. The Labute approximate surface area is 112 Å². The van der Waals surface area contributed by atoms with E-state index in [9.17, 15) is 14.3 Å². The normalized spacial score (nSPS) is 21.6. The molecule has 2 unspecified atom stereocenters. The Morgan fingerprint density at radius 2 is 2.26 bits per heavy atom. The van der Waals surface area contributed by atoms with E-state index in [0.29, 0.717) is 12.1 Å². The van der Waals surface area contributed by atoms with Crippen LogP contribution in [0.3, 0.4) is 0 Å². The van der Waals surface area contributed by atoms with Crippen LogP contribution in [0.1, 0.15) is 37.8 Å². The number of hydrogen-bond donors (Lipinski definition) is 3. The van der Waals surface area contributed by atoms with Crippen LogP contribution in [-0.2, 0) is 4.79 Å². The largest absolute Gasteiger partial charge is 0.508 e. The van der Waals surface area contributed by atoms with Crippen molar-refractivity contribution >= 4 is 5.91 Å². The highest BCUT2D eigenvalue weighted by Gasteiger charge is 2.23. The summed E-state index contributed by atoms with van der Waals surface area (Å²) in [5.41, 5.74) is 0.596. The van der Waals surface area contributed by atoms with Gasteiger partial charge in [0.25, 0.3) is 0 Å². The SMILES string of the molecule is CC(NC1CCCCNC1=O)c1ccc(F)cc1O. The molecule has 0 aliphatic carbocycles. The van der Waals surface area contributed by atoms with Gasteiger partial charge in [0.15, 0.2) is 0 Å². The van der Waals surface area contributed by atoms with Gasteiger partial charge in [0.2, 0.25) is 5.91 Å². The van der Waals surface area contributed by atoms with Crippen molar-refractivity contribution in [2.24, 2.45) is 0 Å². The van der Waals surface area contributed by atoms with Gasteiger partial charge in [0, 0.05) is 24.2 Å². The Bertz CT molecular complexity index is 465. The fourth-order valence-electron chi connectivity index (χ4n) is 2.37. The molecule has 2 atom stereocenters. The standard InChI is InChI=1S/C14H19FN2O2/c1-9(11-6-5-10(15)8-13(11)18)17-12-4-2-3-7-16-14(12)19/h5-6,8-9,12,17-18H,2-4,7H2,1H3,(H,16,19). The number of carbonyl (C=O) groups is 1. The number of aromatic hydroxyl groups is 1. The molecule has 0 radical (unpaired) electrons. The fraction of sp³-hybridized carbons (Fsp3) is 0.500. The van der Waals surface area contributed by atoms with E-state index in [1.54, 1.807) is 0 Å². The number of phenolic OH excluding ortho intramolecular Hbond substituents is 1. The Morgan fingerprint density at radius 1 is 1.47 bits per heavy atom. The van der Waals surface area contributed by atoms with E-state index in [2.05, 4.69) is 10.6 Å². The van der Waals surface area contributed by atoms with Crippen molar-refractivity contribution in [1.29, 1.82) is 0 Å². The van der Waals surface area contributed by atoms with Gasteiger partial charge in [-0.2, -0.15) is 0 Å². The summed E-state index contributed by atoms with van der Waals surface area (Å²) in [5.74, 6) is -0.569. The molecule has 3 N–H and O–H groups in total. The zero-order valence-corrected chi connectivity index (χ0v) is 10.9. The molecule has 0 saturated carbocycles. The van der Waals surface area contributed by atoms with Crippen molar-refractivity contribution in [3.63, 3.8) is 0 Å². The second kappa shape index (κ2) is 6.02. The predicted molar refractivity (Wildman–Crippen MR) is 70.3 cm³/mol. The molecule has 0 aromatic heterocycles. The molecule has 1 aromatic carbocycles. The first-order valence-corrected chi connectivity index (χ1v) is 6.60. The van der Waals surface area contributed by atoms with Crippen LogP contribution < -0.4 is 10.6 Å². The van der Waals surface area contributed by atoms with E-state index in [1.807, 2.05) is 6.92 Å². The van der Waals surface area contributed by atoms with Crippen molar-refractivity contribution in [3.05, 3.63) is 29.6 Å². The monoisotopic (exact) mass is 266 g/mol. The van der Waals surface area contributed by atoms with Crippen molar-refractivity contribution in [3.8, 4) is 5.75 Å². The molecule has 104 valence electrons. The molecule has 1 saturated heterocycles. The van der Waals surface area contributed by atoms with E-state index in [4.69, 9.17) is 0 Å². The summed E-state index contributed by atoms with van der Waals surface area (Å²) in [7, 11) is 0. The van der Waals surface area contributed by atoms with Gasteiger partial charge in [-0.05, 0) is 32.3 Å². The Kier molecular flexibility index (Phi) is 4.37. The van der Waals surface area contributed by atoms with Gasteiger partial charge >= 0.3 is 0 Å². The van der Waals surface area contributed by atoms with Crippen molar-refractivity contribution < 1.29 is 14.3 Å². The molecule has 1 heterocycles. The summed E-state index contributed by atoms with van der Waals surface area (Å²) in [6.45, 7) is 2.57. The molecule has 1 amide bonds. The van der Waals surface area contributed by atoms with Gasteiger partial charge in [-0.3, -0.25) is 10.1 Å². The lowest BCUT2D eigenvalue weighted by Gasteiger charge is -2.21. The summed E-state index contributed by atoms with van der Waals surface area (Å²) < 4.78 is 12.9. The van der Waals surface area contributed by atoms with Gasteiger partial charge in [-0.15, -0.1) is 0 Å². The fourth-order valence-corrected chi connectivity index (χ4v) is 2.37. The highest BCUT2D eigenvalue weighted by molar-refractivity contribution is 5.82. The lowest BCUT2D eigenvalue weighted by atomic mass is 10.0. The maximum atomic E-state index is 12.9. The molecule has 1 fully saturated rings. The minimum atomic E-state index is -0.472. The molecule has 0 spiro atoms. The molecule has 2 rings (SSSR count). The van der Waals surface area contributed by atoms with Crippen LogP contribution in [0.5, 0.6) is 5.75 Å². The minimum Gasteiger partial charge on any atom is -0.508 e. The van der Waals surface area contributed by atoms with E-state index in [0.717, 1.165) is 25.3 Å². The van der Waals surface area contributed by atoms with Crippen LogP contribution in [0.4, 0.5) is 4.39 Å². The van der Waals surface area contributed by atoms with E-state index in [-0.39, 0.29) is 23.7 Å². The molecule has 4 nitrogen and oxygen atoms in total. The highest BCUT2D eigenvalue weighted by Crippen LogP contribution is 2.25. The quantitative estimate of drug-likeness (QED) is 0.782. The molecule has 19 heavy (non-hydrogen) atoms. The maximum Gasteiger partial charge on any atom is 0.237 e. The lowest BCUT2D eigenvalue weighted by Crippen LogP contribution is -2.43. The number of rotatable bonds is 3. The number of nitrogens with one attached hydrogen (secondary N) is 2. The third kappa shape index (κ3) is 3.44. The Hall–Kier alpha value is -1.62. The lowest BCUT2D eigenvalue weighted by molar-refractivity contribution is -0.123. The minimum absolute atomic E-state index is 0.00838. The first-order chi connectivity index (χ1) is 9.08. The summed E-state index contributed by atoms with van der Waals surface area (Å²) in [5, 5.41) is 15.8. The van der Waals surface area contributed by atoms with Crippen LogP contribution in [-0.4, -0.2) is 23.6 Å². The third-order valence-corrected chi connectivity index (χ3v) is 3.45. The number of halogens is 1. The molecule has 5 heteroatoms. The molecule has 1 aliphatic rings. The van der Waals surface area contributed by atoms with Crippen LogP contribution in [0.15, 0.2) is 18.2 Å². The number of carbonyl (C=O) groups excluding carboxylic acids is 1. The van der Waals surface area contributed by atoms with Crippen LogP contribution in [0.2, 0.25) is 0 Å². The molecular weight excluding hydrogens is 247 g/mol. The van der Waals surface area contributed by atoms with Crippen LogP contribution in [0, 0.1) is 5.82 Å². The topological polar surface area (TPSA) is 61.4 Å². The van der Waals surface area contributed by atoms with E-state index >= 15 is 0 Å². The average Bonchev–Trinajstić information content (AvgIpc) is 2.55. The van der Waals surface area contributed by atoms with Gasteiger partial charge < -0.3 is 10.4 Å². The molecule has 1 aliphatic heterocycles. The van der Waals surface area contributed by atoms with Crippen LogP contribution >= 0.6 is 0 Å². The Balaban J connectivity index is 2.07. The summed E-state index contributed by atoms with van der Waals surface area (Å²) in [6, 6.07) is 3.45. The number of amides is 1. The van der Waals surface area contributed by atoms with Crippen molar-refractivity contribution in [2.45, 2.75) is 38.3 Å². The smallest absolute Gasteiger partial charge is 0.237 e. The third-order valence-electron chi connectivity index (χ3n) is 3.45.